The molecule has 0 aromatic carbocycles. The highest BCUT2D eigenvalue weighted by atomic mass is 16.6. The van der Waals surface area contributed by atoms with Crippen LogP contribution >= 0.6 is 0 Å². The maximum atomic E-state index is 11.6. The standard InChI is InChI=1S/C13H17N3O4/c1-3-13(12(17)18)5-4-6-15(13)11-9(2)7-10(8-14-11)16(19)20/h7-8H,3-6H2,1-2H3,(H,17,18). The molecule has 108 valence electrons. The molecule has 2 rings (SSSR count). The number of pyridine rings is 1. The van der Waals surface area contributed by atoms with Crippen LogP contribution in [-0.2, 0) is 4.79 Å². The molecule has 0 bridgehead atoms. The second-order valence-electron chi connectivity index (χ2n) is 5.04. The van der Waals surface area contributed by atoms with Crippen LogP contribution in [0.5, 0.6) is 0 Å². The fourth-order valence-corrected chi connectivity index (χ4v) is 2.86. The van der Waals surface area contributed by atoms with Gasteiger partial charge in [-0.15, -0.1) is 0 Å². The Bertz CT molecular complexity index is 561. The summed E-state index contributed by atoms with van der Waals surface area (Å²) in [5, 5.41) is 20.3. The van der Waals surface area contributed by atoms with Gasteiger partial charge in [-0.3, -0.25) is 10.1 Å². The number of aliphatic carboxylic acids is 1. The Morgan fingerprint density at radius 1 is 1.65 bits per heavy atom. The normalized spacial score (nSPS) is 22.0. The summed E-state index contributed by atoms with van der Waals surface area (Å²) in [6.07, 6.45) is 3.00. The number of carboxylic acids is 1. The summed E-state index contributed by atoms with van der Waals surface area (Å²) in [6, 6.07) is 1.43. The van der Waals surface area contributed by atoms with E-state index in [1.165, 1.54) is 12.3 Å². The lowest BCUT2D eigenvalue weighted by molar-refractivity contribution is -0.385. The molecule has 1 N–H and O–H groups in total. The number of carboxylic acid groups (broad SMARTS) is 1. The number of nitrogens with zero attached hydrogens (tertiary/aromatic N) is 3. The summed E-state index contributed by atoms with van der Waals surface area (Å²) in [7, 11) is 0. The number of carbonyl (C=O) groups is 1. The molecule has 1 saturated heterocycles. The number of anilines is 1. The van der Waals surface area contributed by atoms with Gasteiger partial charge in [-0.1, -0.05) is 6.92 Å². The minimum Gasteiger partial charge on any atom is -0.479 e. The topological polar surface area (TPSA) is 96.6 Å². The van der Waals surface area contributed by atoms with E-state index in [0.717, 1.165) is 6.42 Å². The predicted molar refractivity (Wildman–Crippen MR) is 72.9 cm³/mol. The lowest BCUT2D eigenvalue weighted by Gasteiger charge is -2.35. The van der Waals surface area contributed by atoms with Crippen LogP contribution in [0.4, 0.5) is 11.5 Å². The van der Waals surface area contributed by atoms with Crippen LogP contribution in [-0.4, -0.2) is 33.1 Å². The van der Waals surface area contributed by atoms with Crippen LogP contribution in [0.25, 0.3) is 0 Å². The average molecular weight is 279 g/mol. The zero-order valence-corrected chi connectivity index (χ0v) is 11.5. The minimum atomic E-state index is -0.951. The van der Waals surface area contributed by atoms with Crippen molar-refractivity contribution >= 4 is 17.5 Å². The molecule has 20 heavy (non-hydrogen) atoms. The van der Waals surface area contributed by atoms with Gasteiger partial charge in [-0.2, -0.15) is 0 Å². The first-order valence-corrected chi connectivity index (χ1v) is 6.54. The molecule has 7 heteroatoms. The molecule has 2 heterocycles. The molecule has 1 atom stereocenters. The Labute approximate surface area is 116 Å². The van der Waals surface area contributed by atoms with Gasteiger partial charge in [0.05, 0.1) is 4.92 Å². The fraction of sp³-hybridized carbons (Fsp3) is 0.538. The van der Waals surface area contributed by atoms with Crippen molar-refractivity contribution in [1.29, 1.82) is 0 Å². The smallest absolute Gasteiger partial charge is 0.329 e. The van der Waals surface area contributed by atoms with Crippen LogP contribution in [0, 0.1) is 17.0 Å². The first-order valence-electron chi connectivity index (χ1n) is 6.54. The van der Waals surface area contributed by atoms with Crippen molar-refractivity contribution in [3.05, 3.63) is 27.9 Å². The highest BCUT2D eigenvalue weighted by Gasteiger charge is 2.47. The summed E-state index contributed by atoms with van der Waals surface area (Å²) >= 11 is 0. The maximum Gasteiger partial charge on any atom is 0.329 e. The second-order valence-corrected chi connectivity index (χ2v) is 5.04. The zero-order chi connectivity index (χ0) is 14.9. The van der Waals surface area contributed by atoms with Crippen LogP contribution in [0.15, 0.2) is 12.3 Å². The zero-order valence-electron chi connectivity index (χ0n) is 11.5. The van der Waals surface area contributed by atoms with Crippen molar-refractivity contribution in [2.75, 3.05) is 11.4 Å². The minimum absolute atomic E-state index is 0.0807. The van der Waals surface area contributed by atoms with Gasteiger partial charge in [0.25, 0.3) is 5.69 Å². The quantitative estimate of drug-likeness (QED) is 0.670. The third-order valence-corrected chi connectivity index (χ3v) is 3.97. The van der Waals surface area contributed by atoms with Crippen LogP contribution in [0.1, 0.15) is 31.7 Å². The molecule has 1 aliphatic heterocycles. The van der Waals surface area contributed by atoms with Gasteiger partial charge >= 0.3 is 5.97 Å². The van der Waals surface area contributed by atoms with E-state index in [2.05, 4.69) is 4.98 Å². The van der Waals surface area contributed by atoms with E-state index < -0.39 is 16.4 Å². The summed E-state index contributed by atoms with van der Waals surface area (Å²) < 4.78 is 0. The molecule has 0 spiro atoms. The van der Waals surface area contributed by atoms with Crippen molar-refractivity contribution < 1.29 is 14.8 Å². The van der Waals surface area contributed by atoms with Gasteiger partial charge in [-0.25, -0.2) is 9.78 Å². The van der Waals surface area contributed by atoms with Gasteiger partial charge in [0, 0.05) is 12.6 Å². The van der Waals surface area contributed by atoms with Gasteiger partial charge in [0.15, 0.2) is 0 Å². The Morgan fingerprint density at radius 2 is 2.35 bits per heavy atom. The Kier molecular flexibility index (Phi) is 3.61. The summed E-state index contributed by atoms with van der Waals surface area (Å²) in [5.74, 6) is -0.339. The number of aryl methyl sites for hydroxylation is 1. The first kappa shape index (κ1) is 14.2. The summed E-state index contributed by atoms with van der Waals surface area (Å²) in [5.41, 5.74) is -0.406. The van der Waals surface area contributed by atoms with E-state index in [-0.39, 0.29) is 5.69 Å². The molecule has 1 aromatic rings. The van der Waals surface area contributed by atoms with Crippen LogP contribution in [0.2, 0.25) is 0 Å². The van der Waals surface area contributed by atoms with E-state index >= 15 is 0 Å². The molecule has 1 unspecified atom stereocenters. The number of aromatic nitrogens is 1. The van der Waals surface area contributed by atoms with Gasteiger partial charge in [-0.05, 0) is 31.7 Å². The molecule has 0 aliphatic carbocycles. The maximum absolute atomic E-state index is 11.6. The highest BCUT2D eigenvalue weighted by Crippen LogP contribution is 2.37. The number of nitro groups is 1. The van der Waals surface area contributed by atoms with Crippen molar-refractivity contribution in [3.8, 4) is 0 Å². The molecule has 1 aliphatic rings. The van der Waals surface area contributed by atoms with Crippen LogP contribution < -0.4 is 4.90 Å². The Hall–Kier alpha value is -2.18. The van der Waals surface area contributed by atoms with Gasteiger partial charge in [0.1, 0.15) is 17.6 Å². The van der Waals surface area contributed by atoms with Crippen molar-refractivity contribution in [2.45, 2.75) is 38.6 Å². The first-order chi connectivity index (χ1) is 9.42. The van der Waals surface area contributed by atoms with Gasteiger partial charge < -0.3 is 10.0 Å². The number of hydrogen-bond acceptors (Lipinski definition) is 5. The average Bonchev–Trinajstić information content (AvgIpc) is 2.83. The number of hydrogen-bond donors (Lipinski definition) is 1. The van der Waals surface area contributed by atoms with Gasteiger partial charge in [0.2, 0.25) is 0 Å². The predicted octanol–water partition coefficient (Wildman–Crippen LogP) is 2.13. The molecule has 1 fully saturated rings. The lowest BCUT2D eigenvalue weighted by Crippen LogP contribution is -2.50. The molecular formula is C13H17N3O4. The summed E-state index contributed by atoms with van der Waals surface area (Å²) in [4.78, 5) is 27.8. The second kappa shape index (κ2) is 5.07. The summed E-state index contributed by atoms with van der Waals surface area (Å²) in [6.45, 7) is 4.16. The van der Waals surface area contributed by atoms with Crippen molar-refractivity contribution in [2.24, 2.45) is 0 Å². The van der Waals surface area contributed by atoms with E-state index in [1.807, 2.05) is 6.92 Å². The number of rotatable bonds is 4. The molecular weight excluding hydrogens is 262 g/mol. The lowest BCUT2D eigenvalue weighted by atomic mass is 9.92. The third-order valence-electron chi connectivity index (χ3n) is 3.97. The molecule has 1 aromatic heterocycles. The van der Waals surface area contributed by atoms with E-state index in [0.29, 0.717) is 30.8 Å². The Balaban J connectivity index is 2.45. The Morgan fingerprint density at radius 3 is 2.85 bits per heavy atom. The van der Waals surface area contributed by atoms with Crippen molar-refractivity contribution in [1.82, 2.24) is 4.98 Å². The van der Waals surface area contributed by atoms with E-state index in [9.17, 15) is 20.0 Å². The van der Waals surface area contributed by atoms with Crippen LogP contribution in [0.3, 0.4) is 0 Å². The monoisotopic (exact) mass is 279 g/mol. The highest BCUT2D eigenvalue weighted by molar-refractivity contribution is 5.84. The largest absolute Gasteiger partial charge is 0.479 e. The molecule has 0 radical (unpaired) electrons. The SMILES string of the molecule is CCC1(C(=O)O)CCCN1c1ncc([N+](=O)[O-])cc1C. The van der Waals surface area contributed by atoms with E-state index in [1.54, 1.807) is 11.8 Å². The molecule has 0 amide bonds. The fourth-order valence-electron chi connectivity index (χ4n) is 2.86. The third kappa shape index (κ3) is 2.09. The van der Waals surface area contributed by atoms with Crippen molar-refractivity contribution in [3.63, 3.8) is 0 Å². The van der Waals surface area contributed by atoms with E-state index in [4.69, 9.17) is 0 Å². The molecule has 0 saturated carbocycles. The molecule has 7 nitrogen and oxygen atoms in total.